The van der Waals surface area contributed by atoms with Crippen LogP contribution in [0.15, 0.2) is 78.9 Å². The molecule has 2 heterocycles. The number of hydrogen-bond donors (Lipinski definition) is 0. The van der Waals surface area contributed by atoms with Gasteiger partial charge in [0.1, 0.15) is 5.75 Å². The van der Waals surface area contributed by atoms with E-state index < -0.39 is 0 Å². The third-order valence-electron chi connectivity index (χ3n) is 6.82. The standard InChI is InChI=1S/C28H29N3O3/c1-34-26-18-23(12-13-25(26)21-8-4-2-5-9-21)28(33)31-19-24(20-31)29-14-16-30(17-15-29)27(32)22-10-6-3-7-11-22/h2-13,18,24H,14-17,19-20H2,1H3. The average Bonchev–Trinajstić information content (AvgIpc) is 2.88. The summed E-state index contributed by atoms with van der Waals surface area (Å²) in [5.41, 5.74) is 3.43. The average molecular weight is 456 g/mol. The van der Waals surface area contributed by atoms with Crippen LogP contribution in [-0.2, 0) is 0 Å². The molecule has 0 radical (unpaired) electrons. The highest BCUT2D eigenvalue weighted by molar-refractivity contribution is 5.96. The van der Waals surface area contributed by atoms with Crippen molar-refractivity contribution in [1.29, 1.82) is 0 Å². The van der Waals surface area contributed by atoms with E-state index in [2.05, 4.69) is 4.90 Å². The van der Waals surface area contributed by atoms with E-state index in [1.165, 1.54) is 0 Å². The van der Waals surface area contributed by atoms with Crippen LogP contribution in [0.5, 0.6) is 5.75 Å². The predicted molar refractivity (Wildman–Crippen MR) is 132 cm³/mol. The molecule has 6 heteroatoms. The van der Waals surface area contributed by atoms with Crippen LogP contribution in [0.2, 0.25) is 0 Å². The first-order valence-corrected chi connectivity index (χ1v) is 11.7. The third-order valence-corrected chi connectivity index (χ3v) is 6.82. The molecule has 3 aromatic rings. The van der Waals surface area contributed by atoms with E-state index in [1.54, 1.807) is 7.11 Å². The van der Waals surface area contributed by atoms with Crippen LogP contribution in [0.3, 0.4) is 0 Å². The summed E-state index contributed by atoms with van der Waals surface area (Å²) in [5, 5.41) is 0. The van der Waals surface area contributed by atoms with Crippen LogP contribution in [0, 0.1) is 0 Å². The molecule has 2 aliphatic rings. The molecular weight excluding hydrogens is 426 g/mol. The maximum Gasteiger partial charge on any atom is 0.254 e. The monoisotopic (exact) mass is 455 g/mol. The van der Waals surface area contributed by atoms with E-state index in [1.807, 2.05) is 88.7 Å². The summed E-state index contributed by atoms with van der Waals surface area (Å²) in [6.07, 6.45) is 0. The van der Waals surface area contributed by atoms with Crippen molar-refractivity contribution < 1.29 is 14.3 Å². The number of rotatable bonds is 5. The van der Waals surface area contributed by atoms with E-state index >= 15 is 0 Å². The molecule has 0 N–H and O–H groups in total. The van der Waals surface area contributed by atoms with Crippen molar-refractivity contribution in [2.24, 2.45) is 0 Å². The molecule has 6 nitrogen and oxygen atoms in total. The number of amides is 2. The van der Waals surface area contributed by atoms with Gasteiger partial charge in [0.2, 0.25) is 0 Å². The molecule has 0 saturated carbocycles. The van der Waals surface area contributed by atoms with Crippen molar-refractivity contribution in [1.82, 2.24) is 14.7 Å². The first-order chi connectivity index (χ1) is 16.6. The Hall–Kier alpha value is -3.64. The molecule has 0 aliphatic carbocycles. The molecule has 2 amide bonds. The van der Waals surface area contributed by atoms with Crippen LogP contribution < -0.4 is 4.74 Å². The van der Waals surface area contributed by atoms with Gasteiger partial charge < -0.3 is 14.5 Å². The second kappa shape index (κ2) is 9.69. The molecule has 0 unspecified atom stereocenters. The molecule has 2 fully saturated rings. The van der Waals surface area contributed by atoms with Crippen molar-refractivity contribution in [3.8, 4) is 16.9 Å². The second-order valence-corrected chi connectivity index (χ2v) is 8.84. The Balaban J connectivity index is 1.16. The SMILES string of the molecule is COc1cc(C(=O)N2CC(N3CCN(C(=O)c4ccccc4)CC3)C2)ccc1-c1ccccc1. The molecular formula is C28H29N3O3. The van der Waals surface area contributed by atoms with Gasteiger partial charge >= 0.3 is 0 Å². The van der Waals surface area contributed by atoms with Crippen molar-refractivity contribution in [3.63, 3.8) is 0 Å². The highest BCUT2D eigenvalue weighted by Crippen LogP contribution is 2.31. The number of methoxy groups -OCH3 is 1. The van der Waals surface area contributed by atoms with E-state index in [4.69, 9.17) is 4.74 Å². The fourth-order valence-electron chi connectivity index (χ4n) is 4.77. The fourth-order valence-corrected chi connectivity index (χ4v) is 4.77. The number of benzene rings is 3. The van der Waals surface area contributed by atoms with Crippen molar-refractivity contribution in [2.75, 3.05) is 46.4 Å². The van der Waals surface area contributed by atoms with E-state index in [9.17, 15) is 9.59 Å². The maximum absolute atomic E-state index is 13.1. The summed E-state index contributed by atoms with van der Waals surface area (Å²) in [4.78, 5) is 32.0. The molecule has 0 bridgehead atoms. The topological polar surface area (TPSA) is 53.1 Å². The molecule has 34 heavy (non-hydrogen) atoms. The van der Waals surface area contributed by atoms with Gasteiger partial charge in [-0.25, -0.2) is 0 Å². The molecule has 3 aromatic carbocycles. The minimum absolute atomic E-state index is 0.0343. The van der Waals surface area contributed by atoms with Crippen molar-refractivity contribution in [3.05, 3.63) is 90.0 Å². The molecule has 2 saturated heterocycles. The lowest BCUT2D eigenvalue weighted by molar-refractivity contribution is 0.00852. The summed E-state index contributed by atoms with van der Waals surface area (Å²) in [6, 6.07) is 25.5. The van der Waals surface area contributed by atoms with Gasteiger partial charge in [0.15, 0.2) is 0 Å². The smallest absolute Gasteiger partial charge is 0.254 e. The number of piperazine rings is 1. The first kappa shape index (κ1) is 22.2. The third kappa shape index (κ3) is 4.41. The molecule has 2 aliphatic heterocycles. The number of carbonyl (C=O) groups excluding carboxylic acids is 2. The molecule has 5 rings (SSSR count). The molecule has 0 aromatic heterocycles. The van der Waals surface area contributed by atoms with Crippen molar-refractivity contribution in [2.45, 2.75) is 6.04 Å². The minimum Gasteiger partial charge on any atom is -0.496 e. The van der Waals surface area contributed by atoms with E-state index in [0.717, 1.165) is 42.9 Å². The quantitative estimate of drug-likeness (QED) is 0.590. The Labute approximate surface area is 200 Å². The van der Waals surface area contributed by atoms with Gasteiger partial charge in [-0.3, -0.25) is 14.5 Å². The van der Waals surface area contributed by atoms with Crippen LogP contribution in [0.1, 0.15) is 20.7 Å². The Morgan fingerprint density at radius 1 is 0.735 bits per heavy atom. The van der Waals surface area contributed by atoms with Crippen LogP contribution in [0.25, 0.3) is 11.1 Å². The minimum atomic E-state index is 0.0343. The van der Waals surface area contributed by atoms with Crippen LogP contribution in [0.4, 0.5) is 0 Å². The van der Waals surface area contributed by atoms with Crippen LogP contribution in [-0.4, -0.2) is 78.9 Å². The van der Waals surface area contributed by atoms with Crippen LogP contribution >= 0.6 is 0 Å². The fraction of sp³-hybridized carbons (Fsp3) is 0.286. The summed E-state index contributed by atoms with van der Waals surface area (Å²) in [5.74, 6) is 0.832. The summed E-state index contributed by atoms with van der Waals surface area (Å²) in [7, 11) is 1.64. The van der Waals surface area contributed by atoms with Gasteiger partial charge in [0, 0.05) is 62.0 Å². The summed E-state index contributed by atoms with van der Waals surface area (Å²) in [6.45, 7) is 4.55. The Morgan fingerprint density at radius 3 is 2.00 bits per heavy atom. The number of nitrogens with zero attached hydrogens (tertiary/aromatic N) is 3. The van der Waals surface area contributed by atoms with Gasteiger partial charge in [-0.15, -0.1) is 0 Å². The number of ether oxygens (including phenoxy) is 1. The lowest BCUT2D eigenvalue weighted by Crippen LogP contribution is -2.64. The zero-order valence-electron chi connectivity index (χ0n) is 19.4. The molecule has 0 atom stereocenters. The summed E-state index contributed by atoms with van der Waals surface area (Å²) >= 11 is 0. The lowest BCUT2D eigenvalue weighted by atomic mass is 10.00. The second-order valence-electron chi connectivity index (χ2n) is 8.84. The number of likely N-dealkylation sites (tertiary alicyclic amines) is 1. The zero-order valence-corrected chi connectivity index (χ0v) is 19.4. The van der Waals surface area contributed by atoms with Gasteiger partial charge in [0.25, 0.3) is 11.8 Å². The normalized spacial score (nSPS) is 16.7. The highest BCUT2D eigenvalue weighted by atomic mass is 16.5. The molecule has 174 valence electrons. The maximum atomic E-state index is 13.1. The number of hydrogen-bond acceptors (Lipinski definition) is 4. The lowest BCUT2D eigenvalue weighted by Gasteiger charge is -2.48. The Kier molecular flexibility index (Phi) is 6.32. The van der Waals surface area contributed by atoms with Gasteiger partial charge in [-0.05, 0) is 35.9 Å². The largest absolute Gasteiger partial charge is 0.496 e. The molecule has 0 spiro atoms. The first-order valence-electron chi connectivity index (χ1n) is 11.7. The van der Waals surface area contributed by atoms with E-state index in [0.29, 0.717) is 30.4 Å². The predicted octanol–water partition coefficient (Wildman–Crippen LogP) is 3.64. The zero-order chi connectivity index (χ0) is 23.5. The van der Waals surface area contributed by atoms with Gasteiger partial charge in [-0.2, -0.15) is 0 Å². The van der Waals surface area contributed by atoms with Gasteiger partial charge in [-0.1, -0.05) is 48.5 Å². The Bertz CT molecular complexity index is 1150. The Morgan fingerprint density at radius 2 is 1.35 bits per heavy atom. The summed E-state index contributed by atoms with van der Waals surface area (Å²) < 4.78 is 5.59. The highest BCUT2D eigenvalue weighted by Gasteiger charge is 2.37. The van der Waals surface area contributed by atoms with Gasteiger partial charge in [0.05, 0.1) is 7.11 Å². The van der Waals surface area contributed by atoms with Crippen molar-refractivity contribution >= 4 is 11.8 Å². The number of carbonyl (C=O) groups is 2. The van der Waals surface area contributed by atoms with E-state index in [-0.39, 0.29) is 11.8 Å².